The van der Waals surface area contributed by atoms with Crippen molar-refractivity contribution >= 4 is 5.97 Å². The summed E-state index contributed by atoms with van der Waals surface area (Å²) in [5.74, 6) is 0.581. The van der Waals surface area contributed by atoms with E-state index in [0.717, 1.165) is 5.75 Å². The van der Waals surface area contributed by atoms with Crippen LogP contribution in [0.4, 0.5) is 0 Å². The molecule has 0 aliphatic carbocycles. The minimum atomic E-state index is -0.684. The molecule has 0 spiro atoms. The molecule has 0 radical (unpaired) electrons. The molecule has 0 heterocycles. The van der Waals surface area contributed by atoms with Crippen LogP contribution in [-0.2, 0) is 9.53 Å². The Morgan fingerprint density at radius 2 is 1.94 bits per heavy atom. The highest BCUT2D eigenvalue weighted by atomic mass is 16.5. The van der Waals surface area contributed by atoms with Gasteiger partial charge in [-0.2, -0.15) is 0 Å². The predicted molar refractivity (Wildman–Crippen MR) is 70.7 cm³/mol. The number of nitrogens with one attached hydrogen (secondary N) is 1. The Morgan fingerprint density at radius 3 is 2.56 bits per heavy atom. The fraction of sp³-hybridized carbons (Fsp3) is 0.500. The molecule has 0 unspecified atom stereocenters. The average Bonchev–Trinajstić information content (AvgIpc) is 2.36. The van der Waals surface area contributed by atoms with Crippen LogP contribution in [0, 0.1) is 0 Å². The Bertz CT molecular complexity index is 363. The summed E-state index contributed by atoms with van der Waals surface area (Å²) < 4.78 is 10.5. The number of carbonyl (C=O) groups is 1. The van der Waals surface area contributed by atoms with Crippen molar-refractivity contribution < 1.29 is 14.3 Å². The minimum Gasteiger partial charge on any atom is -0.492 e. The Balaban J connectivity index is 2.27. The van der Waals surface area contributed by atoms with Crippen molar-refractivity contribution in [3.63, 3.8) is 0 Å². The van der Waals surface area contributed by atoms with Gasteiger partial charge < -0.3 is 9.47 Å². The van der Waals surface area contributed by atoms with Crippen LogP contribution in [-0.4, -0.2) is 31.3 Å². The van der Waals surface area contributed by atoms with Gasteiger partial charge >= 0.3 is 5.97 Å². The first kappa shape index (κ1) is 14.5. The lowest BCUT2D eigenvalue weighted by atomic mass is 10.1. The predicted octanol–water partition coefficient (Wildman–Crippen LogP) is 2.00. The largest absolute Gasteiger partial charge is 0.492 e. The van der Waals surface area contributed by atoms with Crippen LogP contribution >= 0.6 is 0 Å². The molecule has 0 amide bonds. The van der Waals surface area contributed by atoms with Gasteiger partial charge in [0.1, 0.15) is 17.9 Å². The molecule has 0 fully saturated rings. The number of benzene rings is 1. The van der Waals surface area contributed by atoms with E-state index >= 15 is 0 Å². The number of carbonyl (C=O) groups excluding carboxylic acids is 1. The summed E-state index contributed by atoms with van der Waals surface area (Å²) in [5.41, 5.74) is -0.684. The highest BCUT2D eigenvalue weighted by Gasteiger charge is 2.27. The standard InChI is InChI=1S/C14H21NO3/c1-4-17-13(16)14(2,3)15-10-11-18-12-8-6-5-7-9-12/h5-9,15H,4,10-11H2,1-3H3. The molecule has 100 valence electrons. The lowest BCUT2D eigenvalue weighted by molar-refractivity contribution is -0.149. The monoisotopic (exact) mass is 251 g/mol. The quantitative estimate of drug-likeness (QED) is 0.595. The Labute approximate surface area is 108 Å². The van der Waals surface area contributed by atoms with E-state index in [9.17, 15) is 4.79 Å². The van der Waals surface area contributed by atoms with E-state index in [1.807, 2.05) is 30.3 Å². The van der Waals surface area contributed by atoms with E-state index in [4.69, 9.17) is 9.47 Å². The first-order chi connectivity index (χ1) is 8.56. The van der Waals surface area contributed by atoms with Crippen molar-refractivity contribution in [2.24, 2.45) is 0 Å². The highest BCUT2D eigenvalue weighted by molar-refractivity contribution is 5.79. The molecule has 1 aromatic carbocycles. The smallest absolute Gasteiger partial charge is 0.325 e. The molecular formula is C14H21NO3. The molecule has 18 heavy (non-hydrogen) atoms. The molecule has 4 nitrogen and oxygen atoms in total. The van der Waals surface area contributed by atoms with Crippen LogP contribution < -0.4 is 10.1 Å². The number of hydrogen-bond acceptors (Lipinski definition) is 4. The summed E-state index contributed by atoms with van der Waals surface area (Å²) in [6.07, 6.45) is 0. The van der Waals surface area contributed by atoms with Gasteiger partial charge in [0.05, 0.1) is 6.61 Å². The maximum Gasteiger partial charge on any atom is 0.325 e. The molecule has 0 aliphatic rings. The number of esters is 1. The molecule has 0 saturated heterocycles. The summed E-state index contributed by atoms with van der Waals surface area (Å²) >= 11 is 0. The zero-order chi connectivity index (χ0) is 13.4. The van der Waals surface area contributed by atoms with E-state index in [2.05, 4.69) is 5.32 Å². The third-order valence-electron chi connectivity index (χ3n) is 2.47. The average molecular weight is 251 g/mol. The summed E-state index contributed by atoms with van der Waals surface area (Å²) in [7, 11) is 0. The van der Waals surface area contributed by atoms with Crippen LogP contribution in [0.25, 0.3) is 0 Å². The van der Waals surface area contributed by atoms with Gasteiger partial charge in [-0.05, 0) is 32.9 Å². The molecule has 1 rings (SSSR count). The topological polar surface area (TPSA) is 47.6 Å². The van der Waals surface area contributed by atoms with Crippen molar-refractivity contribution in [3.05, 3.63) is 30.3 Å². The van der Waals surface area contributed by atoms with Crippen LogP contribution in [0.1, 0.15) is 20.8 Å². The van der Waals surface area contributed by atoms with Gasteiger partial charge in [-0.15, -0.1) is 0 Å². The second kappa shape index (κ2) is 7.01. The molecule has 4 heteroatoms. The van der Waals surface area contributed by atoms with E-state index in [1.54, 1.807) is 20.8 Å². The van der Waals surface area contributed by atoms with Gasteiger partial charge in [0.15, 0.2) is 0 Å². The van der Waals surface area contributed by atoms with Crippen molar-refractivity contribution in [1.82, 2.24) is 5.32 Å². The van der Waals surface area contributed by atoms with Gasteiger partial charge in [-0.25, -0.2) is 0 Å². The zero-order valence-electron chi connectivity index (χ0n) is 11.2. The highest BCUT2D eigenvalue weighted by Crippen LogP contribution is 2.08. The molecule has 0 bridgehead atoms. The fourth-order valence-corrected chi connectivity index (χ4v) is 1.43. The maximum absolute atomic E-state index is 11.6. The minimum absolute atomic E-state index is 0.246. The number of para-hydroxylation sites is 1. The third kappa shape index (κ3) is 4.75. The summed E-state index contributed by atoms with van der Waals surface area (Å²) in [6, 6.07) is 9.58. The lowest BCUT2D eigenvalue weighted by Crippen LogP contribution is -2.49. The molecule has 0 saturated carbocycles. The third-order valence-corrected chi connectivity index (χ3v) is 2.47. The number of ether oxygens (including phenoxy) is 2. The van der Waals surface area contributed by atoms with E-state index < -0.39 is 5.54 Å². The fourth-order valence-electron chi connectivity index (χ4n) is 1.43. The van der Waals surface area contributed by atoms with Gasteiger partial charge in [0.2, 0.25) is 0 Å². The van der Waals surface area contributed by atoms with Gasteiger partial charge in [-0.1, -0.05) is 18.2 Å². The van der Waals surface area contributed by atoms with Gasteiger partial charge in [-0.3, -0.25) is 10.1 Å². The normalized spacial score (nSPS) is 11.1. The van der Waals surface area contributed by atoms with Crippen LogP contribution in [0.3, 0.4) is 0 Å². The summed E-state index contributed by atoms with van der Waals surface area (Å²) in [5, 5.41) is 3.11. The molecule has 1 N–H and O–H groups in total. The van der Waals surface area contributed by atoms with Crippen LogP contribution in [0.15, 0.2) is 30.3 Å². The first-order valence-corrected chi connectivity index (χ1v) is 6.16. The Kier molecular flexibility index (Phi) is 5.65. The SMILES string of the molecule is CCOC(=O)C(C)(C)NCCOc1ccccc1. The zero-order valence-corrected chi connectivity index (χ0v) is 11.2. The van der Waals surface area contributed by atoms with E-state index in [-0.39, 0.29) is 5.97 Å². The van der Waals surface area contributed by atoms with Crippen molar-refractivity contribution in [2.75, 3.05) is 19.8 Å². The van der Waals surface area contributed by atoms with Crippen LogP contribution in [0.2, 0.25) is 0 Å². The van der Waals surface area contributed by atoms with Gasteiger partial charge in [0, 0.05) is 6.54 Å². The van der Waals surface area contributed by atoms with Crippen molar-refractivity contribution in [2.45, 2.75) is 26.3 Å². The van der Waals surface area contributed by atoms with Crippen molar-refractivity contribution in [1.29, 1.82) is 0 Å². The summed E-state index contributed by atoms with van der Waals surface area (Å²) in [4.78, 5) is 11.6. The number of hydrogen-bond donors (Lipinski definition) is 1. The second-order valence-electron chi connectivity index (χ2n) is 4.43. The molecular weight excluding hydrogens is 230 g/mol. The van der Waals surface area contributed by atoms with Crippen molar-refractivity contribution in [3.8, 4) is 5.75 Å². The molecule has 0 atom stereocenters. The Hall–Kier alpha value is -1.55. The second-order valence-corrected chi connectivity index (χ2v) is 4.43. The first-order valence-electron chi connectivity index (χ1n) is 6.16. The van der Waals surface area contributed by atoms with E-state index in [1.165, 1.54) is 0 Å². The van der Waals surface area contributed by atoms with E-state index in [0.29, 0.717) is 19.8 Å². The molecule has 0 aliphatic heterocycles. The van der Waals surface area contributed by atoms with Crippen LogP contribution in [0.5, 0.6) is 5.75 Å². The molecule has 0 aromatic heterocycles. The van der Waals surface area contributed by atoms with Gasteiger partial charge in [0.25, 0.3) is 0 Å². The maximum atomic E-state index is 11.6. The number of rotatable bonds is 7. The lowest BCUT2D eigenvalue weighted by Gasteiger charge is -2.23. The Morgan fingerprint density at radius 1 is 1.28 bits per heavy atom. The molecule has 1 aromatic rings. The summed E-state index contributed by atoms with van der Waals surface area (Å²) in [6.45, 7) is 6.88.